The second kappa shape index (κ2) is 6.58. The van der Waals surface area contributed by atoms with Gasteiger partial charge >= 0.3 is 0 Å². The number of rotatable bonds is 4. The van der Waals surface area contributed by atoms with Crippen molar-refractivity contribution in [2.75, 3.05) is 0 Å². The first kappa shape index (κ1) is 15.2. The summed E-state index contributed by atoms with van der Waals surface area (Å²) in [5, 5.41) is 4.24. The van der Waals surface area contributed by atoms with Crippen molar-refractivity contribution < 1.29 is 4.39 Å². The van der Waals surface area contributed by atoms with Gasteiger partial charge < -0.3 is 4.57 Å². The van der Waals surface area contributed by atoms with Gasteiger partial charge in [0.15, 0.2) is 4.80 Å². The minimum atomic E-state index is -0.237. The number of hydrogen-bond donors (Lipinski definition) is 0. The Morgan fingerprint density at radius 2 is 1.95 bits per heavy atom. The van der Waals surface area contributed by atoms with Crippen LogP contribution in [-0.2, 0) is 0 Å². The maximum Gasteiger partial charge on any atom is 0.190 e. The number of hydrogen-bond acceptors (Lipinski definition) is 3. The Labute approximate surface area is 137 Å². The average molecular weight is 332 g/mol. The van der Waals surface area contributed by atoms with Crippen molar-refractivity contribution in [2.24, 2.45) is 4.99 Å². The van der Waals surface area contributed by atoms with Gasteiger partial charge in [0.05, 0.1) is 16.3 Å². The van der Waals surface area contributed by atoms with Crippen LogP contribution in [0.3, 0.4) is 0 Å². The predicted octanol–water partition coefficient (Wildman–Crippen LogP) is 5.62. The molecule has 2 heterocycles. The molecule has 3 rings (SSSR count). The first-order chi connectivity index (χ1) is 10.7. The van der Waals surface area contributed by atoms with Gasteiger partial charge in [-0.1, -0.05) is 13.0 Å². The zero-order chi connectivity index (χ0) is 15.5. The standard InChI is InChI=1S/C17H17FN2S2/c1-3-12(2)20-15(16-5-4-10-21-16)11-22-17(20)19-14-8-6-13(18)7-9-14/h4-12H,3H2,1-2H3. The highest BCUT2D eigenvalue weighted by Gasteiger charge is 2.13. The summed E-state index contributed by atoms with van der Waals surface area (Å²) >= 11 is 3.36. The van der Waals surface area contributed by atoms with Gasteiger partial charge in [0.1, 0.15) is 5.82 Å². The van der Waals surface area contributed by atoms with E-state index in [0.717, 1.165) is 16.9 Å². The highest BCUT2D eigenvalue weighted by molar-refractivity contribution is 7.14. The minimum Gasteiger partial charge on any atom is -0.313 e. The summed E-state index contributed by atoms with van der Waals surface area (Å²) < 4.78 is 15.3. The number of thiazole rings is 1. The maximum atomic E-state index is 13.0. The monoisotopic (exact) mass is 332 g/mol. The Morgan fingerprint density at radius 3 is 2.59 bits per heavy atom. The van der Waals surface area contributed by atoms with Crippen LogP contribution in [0.15, 0.2) is 52.2 Å². The number of halogens is 1. The maximum absolute atomic E-state index is 13.0. The van der Waals surface area contributed by atoms with Crippen LogP contribution in [0, 0.1) is 5.82 Å². The average Bonchev–Trinajstić information content (AvgIpc) is 3.18. The molecular weight excluding hydrogens is 315 g/mol. The number of aromatic nitrogens is 1. The van der Waals surface area contributed by atoms with Gasteiger partial charge in [-0.05, 0) is 49.1 Å². The molecule has 5 heteroatoms. The summed E-state index contributed by atoms with van der Waals surface area (Å²) in [4.78, 5) is 6.90. The molecule has 0 radical (unpaired) electrons. The van der Waals surface area contributed by atoms with Crippen molar-refractivity contribution in [2.45, 2.75) is 26.3 Å². The lowest BCUT2D eigenvalue weighted by molar-refractivity contribution is 0.524. The summed E-state index contributed by atoms with van der Waals surface area (Å²) in [7, 11) is 0. The van der Waals surface area contributed by atoms with Gasteiger partial charge in [-0.3, -0.25) is 0 Å². The largest absolute Gasteiger partial charge is 0.313 e. The summed E-state index contributed by atoms with van der Waals surface area (Å²) in [6, 6.07) is 10.9. The van der Waals surface area contributed by atoms with E-state index in [1.807, 2.05) is 0 Å². The first-order valence-corrected chi connectivity index (χ1v) is 8.99. The molecule has 0 saturated heterocycles. The number of nitrogens with zero attached hydrogens (tertiary/aromatic N) is 2. The van der Waals surface area contributed by atoms with Crippen molar-refractivity contribution in [1.82, 2.24) is 4.57 Å². The lowest BCUT2D eigenvalue weighted by atomic mass is 10.2. The lowest BCUT2D eigenvalue weighted by Crippen LogP contribution is -2.19. The molecule has 0 aliphatic rings. The molecule has 0 saturated carbocycles. The molecule has 0 bridgehead atoms. The fraction of sp³-hybridized carbons (Fsp3) is 0.235. The normalized spacial score (nSPS) is 13.5. The summed E-state index contributed by atoms with van der Waals surface area (Å²) in [5.41, 5.74) is 1.98. The van der Waals surface area contributed by atoms with Crippen molar-refractivity contribution in [3.8, 4) is 10.6 Å². The number of benzene rings is 1. The molecular formula is C17H17FN2S2. The molecule has 0 amide bonds. The third-order valence-corrected chi connectivity index (χ3v) is 5.33. The molecule has 2 nitrogen and oxygen atoms in total. The van der Waals surface area contributed by atoms with E-state index >= 15 is 0 Å². The fourth-order valence-electron chi connectivity index (χ4n) is 2.24. The smallest absolute Gasteiger partial charge is 0.190 e. The van der Waals surface area contributed by atoms with E-state index in [2.05, 4.69) is 41.3 Å². The van der Waals surface area contributed by atoms with Crippen LogP contribution in [0.1, 0.15) is 26.3 Å². The summed E-state index contributed by atoms with van der Waals surface area (Å²) in [6.07, 6.45) is 1.03. The van der Waals surface area contributed by atoms with Crippen molar-refractivity contribution in [1.29, 1.82) is 0 Å². The minimum absolute atomic E-state index is 0.237. The quantitative estimate of drug-likeness (QED) is 0.590. The van der Waals surface area contributed by atoms with Crippen LogP contribution in [0.25, 0.3) is 10.6 Å². The van der Waals surface area contributed by atoms with Crippen LogP contribution >= 0.6 is 22.7 Å². The third-order valence-electron chi connectivity index (χ3n) is 3.60. The second-order valence-corrected chi connectivity index (χ2v) is 6.88. The van der Waals surface area contributed by atoms with Crippen LogP contribution < -0.4 is 4.80 Å². The second-order valence-electron chi connectivity index (χ2n) is 5.10. The molecule has 0 fully saturated rings. The number of thiophene rings is 1. The van der Waals surface area contributed by atoms with Gasteiger partial charge in [-0.2, -0.15) is 0 Å². The SMILES string of the molecule is CCC(C)n1c(-c2cccs2)csc1=Nc1ccc(F)cc1. The Kier molecular flexibility index (Phi) is 4.55. The molecule has 114 valence electrons. The molecule has 1 atom stereocenters. The van der Waals surface area contributed by atoms with Crippen LogP contribution in [0.4, 0.5) is 10.1 Å². The van der Waals surface area contributed by atoms with Crippen molar-refractivity contribution in [3.63, 3.8) is 0 Å². The third kappa shape index (κ3) is 3.05. The molecule has 1 unspecified atom stereocenters. The molecule has 0 aliphatic carbocycles. The molecule has 0 N–H and O–H groups in total. The van der Waals surface area contributed by atoms with E-state index in [4.69, 9.17) is 4.99 Å². The van der Waals surface area contributed by atoms with Crippen molar-refractivity contribution >= 4 is 28.4 Å². The van der Waals surface area contributed by atoms with E-state index in [0.29, 0.717) is 6.04 Å². The van der Waals surface area contributed by atoms with Crippen molar-refractivity contribution in [3.05, 3.63) is 57.8 Å². The fourth-order valence-corrected chi connectivity index (χ4v) is 4.06. The summed E-state index contributed by atoms with van der Waals surface area (Å²) in [6.45, 7) is 4.38. The van der Waals surface area contributed by atoms with Gasteiger partial charge in [0.25, 0.3) is 0 Å². The van der Waals surface area contributed by atoms with E-state index in [1.165, 1.54) is 22.7 Å². The van der Waals surface area contributed by atoms with Gasteiger partial charge in [0, 0.05) is 11.4 Å². The van der Waals surface area contributed by atoms with Gasteiger partial charge in [-0.25, -0.2) is 9.38 Å². The first-order valence-electron chi connectivity index (χ1n) is 7.23. The molecule has 0 aliphatic heterocycles. The Balaban J connectivity index is 2.13. The zero-order valence-electron chi connectivity index (χ0n) is 12.5. The lowest BCUT2D eigenvalue weighted by Gasteiger charge is -2.14. The Morgan fingerprint density at radius 1 is 1.18 bits per heavy atom. The topological polar surface area (TPSA) is 17.3 Å². The molecule has 1 aromatic carbocycles. The predicted molar refractivity (Wildman–Crippen MR) is 92.2 cm³/mol. The Hall–Kier alpha value is -1.72. The van der Waals surface area contributed by atoms with E-state index in [-0.39, 0.29) is 5.82 Å². The molecule has 22 heavy (non-hydrogen) atoms. The molecule has 0 spiro atoms. The van der Waals surface area contributed by atoms with Crippen LogP contribution in [-0.4, -0.2) is 4.57 Å². The van der Waals surface area contributed by atoms with Crippen LogP contribution in [0.2, 0.25) is 0 Å². The highest BCUT2D eigenvalue weighted by Crippen LogP contribution is 2.28. The zero-order valence-corrected chi connectivity index (χ0v) is 14.1. The van der Waals surface area contributed by atoms with E-state index in [9.17, 15) is 4.39 Å². The van der Waals surface area contributed by atoms with Crippen LogP contribution in [0.5, 0.6) is 0 Å². The van der Waals surface area contributed by atoms with E-state index < -0.39 is 0 Å². The van der Waals surface area contributed by atoms with Gasteiger partial charge in [-0.15, -0.1) is 22.7 Å². The molecule has 2 aromatic heterocycles. The van der Waals surface area contributed by atoms with Gasteiger partial charge in [0.2, 0.25) is 0 Å². The summed E-state index contributed by atoms with van der Waals surface area (Å²) in [5.74, 6) is -0.237. The Bertz CT molecular complexity index is 798. The van der Waals surface area contributed by atoms with E-state index in [1.54, 1.807) is 34.8 Å². The molecule has 3 aromatic rings. The highest BCUT2D eigenvalue weighted by atomic mass is 32.1.